The van der Waals surface area contributed by atoms with Crippen molar-refractivity contribution in [3.05, 3.63) is 42.4 Å². The summed E-state index contributed by atoms with van der Waals surface area (Å²) in [4.78, 5) is 25.6. The molecule has 2 aromatic rings. The van der Waals surface area contributed by atoms with E-state index in [4.69, 9.17) is 9.72 Å². The van der Waals surface area contributed by atoms with Gasteiger partial charge in [-0.25, -0.2) is 4.98 Å². The number of hydrogen-bond donors (Lipinski definition) is 0. The van der Waals surface area contributed by atoms with Crippen LogP contribution in [0.1, 0.15) is 44.2 Å². The highest BCUT2D eigenvalue weighted by Crippen LogP contribution is 2.30. The van der Waals surface area contributed by atoms with E-state index in [1.807, 2.05) is 41.6 Å². The molecular weight excluding hydrogens is 364 g/mol. The molecule has 3 heterocycles. The second-order valence-electron chi connectivity index (χ2n) is 8.13. The second-order valence-corrected chi connectivity index (χ2v) is 8.13. The van der Waals surface area contributed by atoms with E-state index < -0.39 is 0 Å². The smallest absolute Gasteiger partial charge is 0.219 e. The summed E-state index contributed by atoms with van der Waals surface area (Å²) < 4.78 is 5.35. The molecule has 1 aromatic carbocycles. The lowest BCUT2D eigenvalue weighted by molar-refractivity contribution is -0.130. The molecule has 29 heavy (non-hydrogen) atoms. The zero-order valence-electron chi connectivity index (χ0n) is 17.4. The van der Waals surface area contributed by atoms with Crippen molar-refractivity contribution < 1.29 is 9.53 Å². The maximum Gasteiger partial charge on any atom is 0.219 e. The lowest BCUT2D eigenvalue weighted by Gasteiger charge is -2.42. The van der Waals surface area contributed by atoms with Gasteiger partial charge in [0.15, 0.2) is 0 Å². The number of rotatable bonds is 4. The normalized spacial score (nSPS) is 21.2. The molecule has 154 valence electrons. The Morgan fingerprint density at radius 3 is 2.72 bits per heavy atom. The third-order valence-electron chi connectivity index (χ3n) is 6.32. The fraction of sp³-hybridized carbons (Fsp3) is 0.522. The molecule has 0 radical (unpaired) electrons. The van der Waals surface area contributed by atoms with E-state index in [1.54, 1.807) is 14.0 Å². The lowest BCUT2D eigenvalue weighted by Crippen LogP contribution is -2.49. The highest BCUT2D eigenvalue weighted by molar-refractivity contribution is 5.73. The monoisotopic (exact) mass is 394 g/mol. The number of hydrogen-bond acceptors (Lipinski definition) is 5. The molecular formula is C23H30N4O2. The number of nitrogens with zero attached hydrogens (tertiary/aromatic N) is 4. The maximum absolute atomic E-state index is 11.6. The van der Waals surface area contributed by atoms with Crippen LogP contribution in [-0.4, -0.2) is 65.0 Å². The van der Waals surface area contributed by atoms with Crippen LogP contribution < -0.4 is 4.74 Å². The van der Waals surface area contributed by atoms with Crippen molar-refractivity contribution in [2.45, 2.75) is 44.6 Å². The van der Waals surface area contributed by atoms with Crippen LogP contribution in [0.25, 0.3) is 11.3 Å². The molecule has 0 unspecified atom stereocenters. The Bertz CT molecular complexity index is 848. The molecule has 1 aromatic heterocycles. The minimum Gasteiger partial charge on any atom is -0.497 e. The Morgan fingerprint density at radius 1 is 1.14 bits per heavy atom. The number of benzene rings is 1. The highest BCUT2D eigenvalue weighted by atomic mass is 16.5. The first kappa shape index (κ1) is 19.8. The zero-order valence-corrected chi connectivity index (χ0v) is 17.4. The fourth-order valence-corrected chi connectivity index (χ4v) is 4.62. The van der Waals surface area contributed by atoms with Gasteiger partial charge in [-0.1, -0.05) is 12.1 Å². The van der Waals surface area contributed by atoms with E-state index in [0.717, 1.165) is 68.1 Å². The summed E-state index contributed by atoms with van der Waals surface area (Å²) in [7, 11) is 1.68. The van der Waals surface area contributed by atoms with Gasteiger partial charge in [-0.05, 0) is 44.4 Å². The molecule has 6 nitrogen and oxygen atoms in total. The van der Waals surface area contributed by atoms with E-state index in [1.165, 1.54) is 6.42 Å². The van der Waals surface area contributed by atoms with Crippen LogP contribution >= 0.6 is 0 Å². The molecule has 0 bridgehead atoms. The van der Waals surface area contributed by atoms with Crippen molar-refractivity contribution in [2.24, 2.45) is 0 Å². The molecule has 0 spiro atoms. The molecule has 1 amide bonds. The van der Waals surface area contributed by atoms with Crippen molar-refractivity contribution in [3.8, 4) is 17.0 Å². The number of piperidine rings is 2. The van der Waals surface area contributed by atoms with E-state index in [2.05, 4.69) is 9.88 Å². The molecule has 2 aliphatic rings. The Morgan fingerprint density at radius 2 is 1.97 bits per heavy atom. The van der Waals surface area contributed by atoms with Gasteiger partial charge in [0.1, 0.15) is 5.75 Å². The number of likely N-dealkylation sites (tertiary alicyclic amines) is 2. The van der Waals surface area contributed by atoms with Crippen molar-refractivity contribution >= 4 is 5.91 Å². The van der Waals surface area contributed by atoms with Gasteiger partial charge >= 0.3 is 0 Å². The summed E-state index contributed by atoms with van der Waals surface area (Å²) in [5, 5.41) is 0. The third kappa shape index (κ3) is 4.58. The quantitative estimate of drug-likeness (QED) is 0.796. The van der Waals surface area contributed by atoms with E-state index in [9.17, 15) is 4.79 Å². The minimum atomic E-state index is 0.199. The summed E-state index contributed by atoms with van der Waals surface area (Å²) in [5.74, 6) is 1.44. The number of aromatic nitrogens is 2. The number of amides is 1. The van der Waals surface area contributed by atoms with Gasteiger partial charge in [0.25, 0.3) is 0 Å². The summed E-state index contributed by atoms with van der Waals surface area (Å²) in [6, 6.07) is 8.55. The van der Waals surface area contributed by atoms with Crippen LogP contribution in [0.4, 0.5) is 0 Å². The molecule has 0 saturated carbocycles. The average Bonchev–Trinajstić information content (AvgIpc) is 2.79. The van der Waals surface area contributed by atoms with E-state index in [-0.39, 0.29) is 5.91 Å². The molecule has 1 atom stereocenters. The first-order valence-corrected chi connectivity index (χ1v) is 10.6. The standard InChI is InChI=1S/C23H30N4O2/c1-17(28)26-11-8-20(9-12-26)27-10-4-6-19(16-27)23-15-24-14-22(25-23)18-5-3-7-21(13-18)29-2/h3,5,7,13-15,19-20H,4,6,8-12,16H2,1-2H3/t19-/m0/s1. The Kier molecular flexibility index (Phi) is 6.09. The molecule has 0 N–H and O–H groups in total. The molecule has 4 rings (SSSR count). The Hall–Kier alpha value is -2.47. The highest BCUT2D eigenvalue weighted by Gasteiger charge is 2.30. The number of carbonyl (C=O) groups excluding carboxylic acids is 1. The third-order valence-corrected chi connectivity index (χ3v) is 6.32. The Balaban J connectivity index is 1.45. The van der Waals surface area contributed by atoms with Crippen molar-refractivity contribution in [1.29, 1.82) is 0 Å². The van der Waals surface area contributed by atoms with Gasteiger partial charge in [0.2, 0.25) is 5.91 Å². The Labute approximate surface area is 172 Å². The molecule has 6 heteroatoms. The van der Waals surface area contributed by atoms with E-state index in [0.29, 0.717) is 12.0 Å². The van der Waals surface area contributed by atoms with Crippen molar-refractivity contribution in [1.82, 2.24) is 19.8 Å². The summed E-state index contributed by atoms with van der Waals surface area (Å²) in [6.45, 7) is 5.61. The first-order chi connectivity index (χ1) is 14.1. The maximum atomic E-state index is 11.6. The largest absolute Gasteiger partial charge is 0.497 e. The van der Waals surface area contributed by atoms with Gasteiger partial charge in [-0.2, -0.15) is 0 Å². The van der Waals surface area contributed by atoms with E-state index >= 15 is 0 Å². The topological polar surface area (TPSA) is 58.6 Å². The van der Waals surface area contributed by atoms with Crippen LogP contribution in [0.2, 0.25) is 0 Å². The van der Waals surface area contributed by atoms with Gasteiger partial charge in [0, 0.05) is 50.3 Å². The van der Waals surface area contributed by atoms with Crippen LogP contribution in [-0.2, 0) is 4.79 Å². The fourth-order valence-electron chi connectivity index (χ4n) is 4.62. The summed E-state index contributed by atoms with van der Waals surface area (Å²) >= 11 is 0. The van der Waals surface area contributed by atoms with Crippen molar-refractivity contribution in [3.63, 3.8) is 0 Å². The van der Waals surface area contributed by atoms with Gasteiger partial charge in [0.05, 0.1) is 24.7 Å². The predicted octanol–water partition coefficient (Wildman–Crippen LogP) is 3.34. The van der Waals surface area contributed by atoms with Crippen LogP contribution in [0.5, 0.6) is 5.75 Å². The van der Waals surface area contributed by atoms with Gasteiger partial charge in [-0.15, -0.1) is 0 Å². The number of ether oxygens (including phenoxy) is 1. The summed E-state index contributed by atoms with van der Waals surface area (Å²) in [5.41, 5.74) is 3.01. The summed E-state index contributed by atoms with van der Waals surface area (Å²) in [6.07, 6.45) is 8.23. The van der Waals surface area contributed by atoms with Crippen LogP contribution in [0, 0.1) is 0 Å². The van der Waals surface area contributed by atoms with Gasteiger partial charge < -0.3 is 9.64 Å². The van der Waals surface area contributed by atoms with Gasteiger partial charge in [-0.3, -0.25) is 14.7 Å². The first-order valence-electron chi connectivity index (χ1n) is 10.6. The predicted molar refractivity (Wildman–Crippen MR) is 113 cm³/mol. The molecule has 2 saturated heterocycles. The SMILES string of the molecule is COc1cccc(-c2cncc([C@H]3CCCN(C4CCN(C(C)=O)CC4)C3)n2)c1. The zero-order chi connectivity index (χ0) is 20.2. The lowest BCUT2D eigenvalue weighted by atomic mass is 9.91. The second kappa shape index (κ2) is 8.91. The number of carbonyl (C=O) groups is 1. The molecule has 0 aliphatic carbocycles. The average molecular weight is 395 g/mol. The minimum absolute atomic E-state index is 0.199. The number of methoxy groups -OCH3 is 1. The van der Waals surface area contributed by atoms with Crippen LogP contribution in [0.3, 0.4) is 0 Å². The molecule has 2 aliphatic heterocycles. The van der Waals surface area contributed by atoms with Crippen molar-refractivity contribution in [2.75, 3.05) is 33.3 Å². The van der Waals surface area contributed by atoms with Crippen LogP contribution in [0.15, 0.2) is 36.7 Å². The molecule has 2 fully saturated rings.